The summed E-state index contributed by atoms with van der Waals surface area (Å²) in [4.78, 5) is 5.03. The maximum Gasteiger partial charge on any atom is 0.101 e. The third-order valence-electron chi connectivity index (χ3n) is 4.49. The van der Waals surface area contributed by atoms with Crippen molar-refractivity contribution in [2.24, 2.45) is 0 Å². The molecular formula is C16H20BrN3. The summed E-state index contributed by atoms with van der Waals surface area (Å²) < 4.78 is 0.976. The van der Waals surface area contributed by atoms with Crippen molar-refractivity contribution in [3.63, 3.8) is 0 Å². The van der Waals surface area contributed by atoms with Crippen molar-refractivity contribution in [2.45, 2.75) is 31.7 Å². The van der Waals surface area contributed by atoms with Crippen molar-refractivity contribution < 1.29 is 0 Å². The molecule has 2 fully saturated rings. The maximum absolute atomic E-state index is 9.31. The average molecular weight is 334 g/mol. The van der Waals surface area contributed by atoms with Crippen LogP contribution in [-0.4, -0.2) is 37.1 Å². The first-order valence-electron chi connectivity index (χ1n) is 7.46. The smallest absolute Gasteiger partial charge is 0.101 e. The topological polar surface area (TPSA) is 30.3 Å². The van der Waals surface area contributed by atoms with E-state index in [2.05, 4.69) is 37.9 Å². The zero-order chi connectivity index (χ0) is 13.9. The molecule has 1 aromatic carbocycles. The van der Waals surface area contributed by atoms with Gasteiger partial charge >= 0.3 is 0 Å². The molecule has 0 radical (unpaired) electrons. The maximum atomic E-state index is 9.31. The minimum Gasteiger partial charge on any atom is -0.369 e. The lowest BCUT2D eigenvalue weighted by Crippen LogP contribution is -2.40. The number of hydrogen-bond acceptors (Lipinski definition) is 3. The van der Waals surface area contributed by atoms with Crippen molar-refractivity contribution in [1.29, 1.82) is 5.26 Å². The van der Waals surface area contributed by atoms with E-state index in [4.69, 9.17) is 0 Å². The second kappa shape index (κ2) is 6.15. The Bertz CT molecular complexity index is 517. The minimum atomic E-state index is 0.672. The quantitative estimate of drug-likeness (QED) is 0.831. The number of rotatable bonds is 2. The van der Waals surface area contributed by atoms with Gasteiger partial charge in [0, 0.05) is 23.6 Å². The Balaban J connectivity index is 1.72. The summed E-state index contributed by atoms with van der Waals surface area (Å²) in [6, 6.07) is 9.02. The van der Waals surface area contributed by atoms with Crippen molar-refractivity contribution in [3.05, 3.63) is 28.2 Å². The fraction of sp³-hybridized carbons (Fsp3) is 0.562. The summed E-state index contributed by atoms with van der Waals surface area (Å²) >= 11 is 3.44. The van der Waals surface area contributed by atoms with Gasteiger partial charge in [-0.3, -0.25) is 4.90 Å². The van der Waals surface area contributed by atoms with Crippen LogP contribution in [0.25, 0.3) is 0 Å². The molecule has 3 nitrogen and oxygen atoms in total. The predicted molar refractivity (Wildman–Crippen MR) is 84.9 cm³/mol. The van der Waals surface area contributed by atoms with Crippen molar-refractivity contribution in [1.82, 2.24) is 4.90 Å². The average Bonchev–Trinajstić information content (AvgIpc) is 2.97. The van der Waals surface area contributed by atoms with E-state index >= 15 is 0 Å². The van der Waals surface area contributed by atoms with Crippen molar-refractivity contribution >= 4 is 21.6 Å². The Labute approximate surface area is 129 Å². The van der Waals surface area contributed by atoms with E-state index in [0.717, 1.165) is 28.8 Å². The number of nitriles is 1. The first-order valence-corrected chi connectivity index (χ1v) is 8.26. The molecule has 0 spiro atoms. The molecule has 0 aliphatic carbocycles. The summed E-state index contributed by atoms with van der Waals surface area (Å²) in [5, 5.41) is 9.31. The Kier molecular flexibility index (Phi) is 4.28. The van der Waals surface area contributed by atoms with Crippen LogP contribution in [0.3, 0.4) is 0 Å². The van der Waals surface area contributed by atoms with Gasteiger partial charge in [0.2, 0.25) is 0 Å². The third kappa shape index (κ3) is 2.84. The predicted octanol–water partition coefficient (Wildman–Crippen LogP) is 3.39. The SMILES string of the molecule is N#Cc1cc(Br)ccc1N1CCC(N2CCCCC2)C1. The molecule has 0 bridgehead atoms. The Hall–Kier alpha value is -1.05. The summed E-state index contributed by atoms with van der Waals surface area (Å²) in [5.74, 6) is 0. The van der Waals surface area contributed by atoms with Crippen molar-refractivity contribution in [2.75, 3.05) is 31.1 Å². The standard InChI is InChI=1S/C16H20BrN3/c17-14-4-5-16(13(10-14)11-18)20-9-6-15(12-20)19-7-2-1-3-8-19/h4-5,10,15H,1-3,6-9,12H2. The molecule has 1 atom stereocenters. The lowest BCUT2D eigenvalue weighted by Gasteiger charge is -2.32. The molecule has 20 heavy (non-hydrogen) atoms. The van der Waals surface area contributed by atoms with Gasteiger partial charge in [0.05, 0.1) is 11.3 Å². The fourth-order valence-electron chi connectivity index (χ4n) is 3.42. The molecule has 3 rings (SSSR count). The highest BCUT2D eigenvalue weighted by atomic mass is 79.9. The van der Waals surface area contributed by atoms with Gasteiger partial charge in [-0.15, -0.1) is 0 Å². The van der Waals surface area contributed by atoms with Gasteiger partial charge in [0.1, 0.15) is 6.07 Å². The van der Waals surface area contributed by atoms with Gasteiger partial charge in [-0.2, -0.15) is 5.26 Å². The summed E-state index contributed by atoms with van der Waals surface area (Å²) in [5.41, 5.74) is 1.87. The molecule has 106 valence electrons. The van der Waals surface area contributed by atoms with Crippen LogP contribution in [0.15, 0.2) is 22.7 Å². The molecule has 2 heterocycles. The van der Waals surface area contributed by atoms with Crippen LogP contribution in [0.5, 0.6) is 0 Å². The van der Waals surface area contributed by atoms with Crippen LogP contribution in [0.2, 0.25) is 0 Å². The highest BCUT2D eigenvalue weighted by Gasteiger charge is 2.29. The van der Waals surface area contributed by atoms with Gasteiger partial charge in [0.15, 0.2) is 0 Å². The van der Waals surface area contributed by atoms with E-state index < -0.39 is 0 Å². The zero-order valence-corrected chi connectivity index (χ0v) is 13.3. The van der Waals surface area contributed by atoms with E-state index in [1.807, 2.05) is 12.1 Å². The largest absolute Gasteiger partial charge is 0.369 e. The van der Waals surface area contributed by atoms with E-state index in [0.29, 0.717) is 6.04 Å². The Morgan fingerprint density at radius 1 is 1.15 bits per heavy atom. The van der Waals surface area contributed by atoms with Crippen LogP contribution < -0.4 is 4.90 Å². The van der Waals surface area contributed by atoms with Gasteiger partial charge in [0.25, 0.3) is 0 Å². The lowest BCUT2D eigenvalue weighted by molar-refractivity contribution is 0.175. The highest BCUT2D eigenvalue weighted by molar-refractivity contribution is 9.10. The number of halogens is 1. The summed E-state index contributed by atoms with van der Waals surface area (Å²) in [7, 11) is 0. The van der Waals surface area contributed by atoms with E-state index in [-0.39, 0.29) is 0 Å². The van der Waals surface area contributed by atoms with E-state index in [1.165, 1.54) is 38.8 Å². The molecule has 1 unspecified atom stereocenters. The molecule has 2 saturated heterocycles. The molecular weight excluding hydrogens is 314 g/mol. The van der Waals surface area contributed by atoms with Crippen LogP contribution in [-0.2, 0) is 0 Å². The van der Waals surface area contributed by atoms with Crippen molar-refractivity contribution in [3.8, 4) is 6.07 Å². The molecule has 2 aliphatic rings. The van der Waals surface area contributed by atoms with E-state index in [9.17, 15) is 5.26 Å². The van der Waals surface area contributed by atoms with Gasteiger partial charge in [-0.05, 0) is 50.6 Å². The van der Waals surface area contributed by atoms with Gasteiger partial charge in [-0.25, -0.2) is 0 Å². The number of likely N-dealkylation sites (tertiary alicyclic amines) is 1. The Morgan fingerprint density at radius 2 is 1.95 bits per heavy atom. The second-order valence-corrected chi connectivity index (χ2v) is 6.67. The number of benzene rings is 1. The van der Waals surface area contributed by atoms with Crippen LogP contribution in [0.1, 0.15) is 31.2 Å². The van der Waals surface area contributed by atoms with E-state index in [1.54, 1.807) is 0 Å². The van der Waals surface area contributed by atoms with Gasteiger partial charge < -0.3 is 4.90 Å². The molecule has 4 heteroatoms. The number of hydrogen-bond donors (Lipinski definition) is 0. The lowest BCUT2D eigenvalue weighted by atomic mass is 10.1. The van der Waals surface area contributed by atoms with Crippen LogP contribution in [0, 0.1) is 11.3 Å². The minimum absolute atomic E-state index is 0.672. The van der Waals surface area contributed by atoms with Crippen LogP contribution in [0.4, 0.5) is 5.69 Å². The zero-order valence-electron chi connectivity index (χ0n) is 11.7. The van der Waals surface area contributed by atoms with Gasteiger partial charge in [-0.1, -0.05) is 22.4 Å². The summed E-state index contributed by atoms with van der Waals surface area (Å²) in [6.07, 6.45) is 5.30. The Morgan fingerprint density at radius 3 is 2.70 bits per heavy atom. The normalized spacial score (nSPS) is 23.8. The monoisotopic (exact) mass is 333 g/mol. The molecule has 1 aromatic rings. The number of anilines is 1. The molecule has 0 saturated carbocycles. The number of nitrogens with zero attached hydrogens (tertiary/aromatic N) is 3. The molecule has 0 N–H and O–H groups in total. The third-order valence-corrected chi connectivity index (χ3v) is 4.98. The van der Waals surface area contributed by atoms with Crippen LogP contribution >= 0.6 is 15.9 Å². The second-order valence-electron chi connectivity index (χ2n) is 5.76. The molecule has 2 aliphatic heterocycles. The fourth-order valence-corrected chi connectivity index (χ4v) is 3.78. The summed E-state index contributed by atoms with van der Waals surface area (Å²) in [6.45, 7) is 4.64. The highest BCUT2D eigenvalue weighted by Crippen LogP contribution is 2.29. The first kappa shape index (κ1) is 13.9. The molecule has 0 amide bonds. The number of piperidine rings is 1. The molecule has 0 aromatic heterocycles. The first-order chi connectivity index (χ1) is 9.78.